The van der Waals surface area contributed by atoms with Crippen LogP contribution in [0, 0.1) is 5.92 Å². The second-order valence-electron chi connectivity index (χ2n) is 4.80. The van der Waals surface area contributed by atoms with Gasteiger partial charge in [0.1, 0.15) is 0 Å². The van der Waals surface area contributed by atoms with Gasteiger partial charge in [0.15, 0.2) is 0 Å². The summed E-state index contributed by atoms with van der Waals surface area (Å²) in [5, 5.41) is 0. The van der Waals surface area contributed by atoms with E-state index in [-0.39, 0.29) is 6.04 Å². The van der Waals surface area contributed by atoms with E-state index < -0.39 is 0 Å². The van der Waals surface area contributed by atoms with Crippen molar-refractivity contribution in [3.63, 3.8) is 0 Å². The highest BCUT2D eigenvalue weighted by Gasteiger charge is 2.23. The molecule has 1 aromatic heterocycles. The molecule has 0 bridgehead atoms. The molecule has 17 heavy (non-hydrogen) atoms. The van der Waals surface area contributed by atoms with Gasteiger partial charge in [-0.05, 0) is 24.3 Å². The molecule has 0 radical (unpaired) electrons. The third kappa shape index (κ3) is 2.24. The van der Waals surface area contributed by atoms with Crippen LogP contribution in [0.3, 0.4) is 0 Å². The summed E-state index contributed by atoms with van der Waals surface area (Å²) < 4.78 is 2.20. The first-order valence-corrected chi connectivity index (χ1v) is 6.15. The van der Waals surface area contributed by atoms with E-state index in [1.807, 2.05) is 30.7 Å². The predicted molar refractivity (Wildman–Crippen MR) is 67.4 cm³/mol. The maximum atomic E-state index is 6.30. The monoisotopic (exact) mass is 227 g/mol. The Balaban J connectivity index is 1.85. The molecule has 3 nitrogen and oxygen atoms in total. The molecule has 1 heterocycles. The fourth-order valence-electron chi connectivity index (χ4n) is 2.15. The molecular weight excluding hydrogens is 210 g/mol. The summed E-state index contributed by atoms with van der Waals surface area (Å²) in [6.07, 6.45) is 6.48. The van der Waals surface area contributed by atoms with E-state index in [1.165, 1.54) is 12.8 Å². The Morgan fingerprint density at radius 1 is 1.29 bits per heavy atom. The molecule has 3 rings (SSSR count). The number of nitrogens with two attached hydrogens (primary N) is 1. The number of imidazole rings is 1. The molecule has 1 aliphatic carbocycles. The average Bonchev–Trinajstić information content (AvgIpc) is 3.06. The molecule has 0 saturated heterocycles. The fraction of sp³-hybridized carbons (Fsp3) is 0.357. The summed E-state index contributed by atoms with van der Waals surface area (Å²) in [5.74, 6) is 0.839. The van der Waals surface area contributed by atoms with Gasteiger partial charge in [0.2, 0.25) is 0 Å². The van der Waals surface area contributed by atoms with Crippen LogP contribution < -0.4 is 5.73 Å². The zero-order chi connectivity index (χ0) is 11.7. The summed E-state index contributed by atoms with van der Waals surface area (Å²) in [6, 6.07) is 10.1. The van der Waals surface area contributed by atoms with E-state index in [2.05, 4.69) is 21.7 Å². The topological polar surface area (TPSA) is 43.8 Å². The van der Waals surface area contributed by atoms with Crippen LogP contribution in [0.4, 0.5) is 0 Å². The number of benzene rings is 1. The highest BCUT2D eigenvalue weighted by molar-refractivity contribution is 5.26. The van der Waals surface area contributed by atoms with Crippen molar-refractivity contribution in [1.82, 2.24) is 9.55 Å². The number of rotatable bonds is 4. The maximum Gasteiger partial charge on any atom is 0.0948 e. The summed E-state index contributed by atoms with van der Waals surface area (Å²) >= 11 is 0. The fourth-order valence-corrected chi connectivity index (χ4v) is 2.15. The normalized spacial score (nSPS) is 17.0. The molecule has 0 spiro atoms. The van der Waals surface area contributed by atoms with Crippen molar-refractivity contribution < 1.29 is 0 Å². The minimum atomic E-state index is -0.0718. The van der Waals surface area contributed by atoms with E-state index >= 15 is 0 Å². The molecule has 1 aromatic carbocycles. The highest BCUT2D eigenvalue weighted by Crippen LogP contribution is 2.31. The molecule has 1 unspecified atom stereocenters. The lowest BCUT2D eigenvalue weighted by atomic mass is 10.1. The standard InChI is InChI=1S/C14H17N3/c15-14(12-4-2-1-3-5-12)13-8-16-10-17(13)9-11-6-7-11/h1-5,8,10-11,14H,6-7,9,15H2. The first-order chi connectivity index (χ1) is 8.34. The average molecular weight is 227 g/mol. The maximum absolute atomic E-state index is 6.30. The molecule has 1 aliphatic rings. The quantitative estimate of drug-likeness (QED) is 0.871. The van der Waals surface area contributed by atoms with Crippen molar-refractivity contribution in [2.75, 3.05) is 0 Å². The van der Waals surface area contributed by atoms with Gasteiger partial charge in [-0.25, -0.2) is 4.98 Å². The SMILES string of the molecule is NC(c1ccccc1)c1cncn1CC1CC1. The Morgan fingerprint density at radius 2 is 2.06 bits per heavy atom. The second-order valence-corrected chi connectivity index (χ2v) is 4.80. The van der Waals surface area contributed by atoms with Gasteiger partial charge in [-0.3, -0.25) is 0 Å². The minimum Gasteiger partial charge on any atom is -0.333 e. The number of hydrogen-bond donors (Lipinski definition) is 1. The first-order valence-electron chi connectivity index (χ1n) is 6.15. The van der Waals surface area contributed by atoms with E-state index in [0.29, 0.717) is 0 Å². The van der Waals surface area contributed by atoms with Crippen LogP contribution in [0.5, 0.6) is 0 Å². The zero-order valence-corrected chi connectivity index (χ0v) is 9.79. The molecule has 0 amide bonds. The van der Waals surface area contributed by atoms with Crippen LogP contribution in [0.1, 0.15) is 30.1 Å². The third-order valence-corrected chi connectivity index (χ3v) is 3.37. The highest BCUT2D eigenvalue weighted by atomic mass is 15.1. The van der Waals surface area contributed by atoms with Gasteiger partial charge in [0, 0.05) is 6.54 Å². The van der Waals surface area contributed by atoms with E-state index in [4.69, 9.17) is 5.73 Å². The van der Waals surface area contributed by atoms with Crippen molar-refractivity contribution in [1.29, 1.82) is 0 Å². The summed E-state index contributed by atoms with van der Waals surface area (Å²) in [4.78, 5) is 4.23. The van der Waals surface area contributed by atoms with Crippen LogP contribution >= 0.6 is 0 Å². The Kier molecular flexibility index (Phi) is 2.69. The molecule has 3 heteroatoms. The van der Waals surface area contributed by atoms with Crippen molar-refractivity contribution in [3.8, 4) is 0 Å². The van der Waals surface area contributed by atoms with Crippen molar-refractivity contribution >= 4 is 0 Å². The van der Waals surface area contributed by atoms with Crippen LogP contribution in [0.2, 0.25) is 0 Å². The van der Waals surface area contributed by atoms with Crippen molar-refractivity contribution in [2.45, 2.75) is 25.4 Å². The Morgan fingerprint density at radius 3 is 2.76 bits per heavy atom. The lowest BCUT2D eigenvalue weighted by Gasteiger charge is -2.14. The Hall–Kier alpha value is -1.61. The van der Waals surface area contributed by atoms with Gasteiger partial charge in [-0.1, -0.05) is 30.3 Å². The second kappa shape index (κ2) is 4.34. The predicted octanol–water partition coefficient (Wildman–Crippen LogP) is 2.34. The lowest BCUT2D eigenvalue weighted by Crippen LogP contribution is -2.17. The summed E-state index contributed by atoms with van der Waals surface area (Å²) in [6.45, 7) is 1.07. The largest absolute Gasteiger partial charge is 0.333 e. The van der Waals surface area contributed by atoms with Crippen LogP contribution in [0.25, 0.3) is 0 Å². The van der Waals surface area contributed by atoms with Gasteiger partial charge in [0.05, 0.1) is 24.3 Å². The number of nitrogens with zero attached hydrogens (tertiary/aromatic N) is 2. The molecular formula is C14H17N3. The summed E-state index contributed by atoms with van der Waals surface area (Å²) in [5.41, 5.74) is 8.55. The number of hydrogen-bond acceptors (Lipinski definition) is 2. The molecule has 2 N–H and O–H groups in total. The minimum absolute atomic E-state index is 0.0718. The molecule has 0 aliphatic heterocycles. The summed E-state index contributed by atoms with van der Waals surface area (Å²) in [7, 11) is 0. The molecule has 1 atom stereocenters. The van der Waals surface area contributed by atoms with Crippen LogP contribution in [-0.4, -0.2) is 9.55 Å². The van der Waals surface area contributed by atoms with E-state index in [9.17, 15) is 0 Å². The van der Waals surface area contributed by atoms with Crippen molar-refractivity contribution in [2.24, 2.45) is 11.7 Å². The molecule has 88 valence electrons. The van der Waals surface area contributed by atoms with Crippen LogP contribution in [-0.2, 0) is 6.54 Å². The molecule has 2 aromatic rings. The lowest BCUT2D eigenvalue weighted by molar-refractivity contribution is 0.587. The first kappa shape index (κ1) is 10.5. The zero-order valence-electron chi connectivity index (χ0n) is 9.79. The Bertz CT molecular complexity index is 485. The number of aromatic nitrogens is 2. The van der Waals surface area contributed by atoms with Gasteiger partial charge in [0.25, 0.3) is 0 Å². The smallest absolute Gasteiger partial charge is 0.0948 e. The Labute approximate surface area is 101 Å². The third-order valence-electron chi connectivity index (χ3n) is 3.37. The van der Waals surface area contributed by atoms with Crippen molar-refractivity contribution in [3.05, 3.63) is 54.1 Å². The molecule has 1 saturated carbocycles. The van der Waals surface area contributed by atoms with Crippen LogP contribution in [0.15, 0.2) is 42.9 Å². The van der Waals surface area contributed by atoms with Gasteiger partial charge in [-0.2, -0.15) is 0 Å². The van der Waals surface area contributed by atoms with Gasteiger partial charge < -0.3 is 10.3 Å². The van der Waals surface area contributed by atoms with E-state index in [1.54, 1.807) is 0 Å². The van der Waals surface area contributed by atoms with E-state index in [0.717, 1.165) is 23.7 Å². The molecule has 1 fully saturated rings. The van der Waals surface area contributed by atoms with Gasteiger partial charge >= 0.3 is 0 Å². The van der Waals surface area contributed by atoms with Gasteiger partial charge in [-0.15, -0.1) is 0 Å².